The predicted octanol–water partition coefficient (Wildman–Crippen LogP) is 1.68. The topological polar surface area (TPSA) is 81.2 Å². The third kappa shape index (κ3) is 3.41. The van der Waals surface area contributed by atoms with E-state index in [9.17, 15) is 9.59 Å². The van der Waals surface area contributed by atoms with Crippen LogP contribution in [0.25, 0.3) is 0 Å². The van der Waals surface area contributed by atoms with Gasteiger partial charge in [0.2, 0.25) is 5.91 Å². The maximum Gasteiger partial charge on any atom is 0.254 e. The van der Waals surface area contributed by atoms with Crippen LogP contribution in [-0.4, -0.2) is 39.1 Å². The maximum atomic E-state index is 12.9. The number of hydrogen-bond acceptors (Lipinski definition) is 3. The normalized spacial score (nSPS) is 17.9. The number of carbonyl (C=O) groups excluding carboxylic acids is 2. The summed E-state index contributed by atoms with van der Waals surface area (Å²) in [6.07, 6.45) is 6.71. The number of amides is 2. The Kier molecular flexibility index (Phi) is 4.41. The fraction of sp³-hybridized carbons (Fsp3) is 0.353. The Balaban J connectivity index is 1.80. The van der Waals surface area contributed by atoms with Gasteiger partial charge in [0, 0.05) is 30.1 Å². The summed E-state index contributed by atoms with van der Waals surface area (Å²) in [5.74, 6) is -0.573. The van der Waals surface area contributed by atoms with Gasteiger partial charge in [-0.05, 0) is 43.5 Å². The van der Waals surface area contributed by atoms with E-state index in [1.165, 1.54) is 0 Å². The molecule has 3 rings (SSSR count). The number of nitrogens with zero attached hydrogens (tertiary/aromatic N) is 3. The zero-order chi connectivity index (χ0) is 16.2. The van der Waals surface area contributed by atoms with Gasteiger partial charge in [0.05, 0.1) is 12.6 Å². The molecule has 6 heteroatoms. The van der Waals surface area contributed by atoms with Gasteiger partial charge in [-0.2, -0.15) is 5.10 Å². The van der Waals surface area contributed by atoms with Gasteiger partial charge in [0.25, 0.3) is 5.91 Å². The number of carbonyl (C=O) groups is 2. The van der Waals surface area contributed by atoms with E-state index in [2.05, 4.69) is 5.10 Å². The predicted molar refractivity (Wildman–Crippen MR) is 85.9 cm³/mol. The number of nitrogens with two attached hydrogens (primary N) is 1. The summed E-state index contributed by atoms with van der Waals surface area (Å²) < 4.78 is 1.86. The molecule has 1 fully saturated rings. The smallest absolute Gasteiger partial charge is 0.254 e. The van der Waals surface area contributed by atoms with Gasteiger partial charge in [-0.25, -0.2) is 0 Å². The van der Waals surface area contributed by atoms with Crippen LogP contribution in [0, 0.1) is 0 Å². The number of likely N-dealkylation sites (tertiary alicyclic amines) is 1. The summed E-state index contributed by atoms with van der Waals surface area (Å²) >= 11 is 0. The Bertz CT molecular complexity index is 696. The lowest BCUT2D eigenvalue weighted by Crippen LogP contribution is -2.46. The molecule has 1 atom stereocenters. The first kappa shape index (κ1) is 15.3. The second kappa shape index (κ2) is 6.64. The molecule has 23 heavy (non-hydrogen) atoms. The Morgan fingerprint density at radius 3 is 2.78 bits per heavy atom. The molecule has 0 bridgehead atoms. The van der Waals surface area contributed by atoms with Gasteiger partial charge < -0.3 is 10.6 Å². The first-order chi connectivity index (χ1) is 11.1. The molecule has 1 aliphatic rings. The molecule has 0 radical (unpaired) electrons. The summed E-state index contributed by atoms with van der Waals surface area (Å²) in [6.45, 7) is 1.42. The van der Waals surface area contributed by atoms with Gasteiger partial charge in [0.15, 0.2) is 0 Å². The third-order valence-electron chi connectivity index (χ3n) is 4.24. The molecule has 0 unspecified atom stereocenters. The van der Waals surface area contributed by atoms with E-state index >= 15 is 0 Å². The molecule has 2 amide bonds. The van der Waals surface area contributed by atoms with E-state index in [1.807, 2.05) is 21.8 Å². The van der Waals surface area contributed by atoms with Crippen LogP contribution in [0.1, 0.15) is 40.0 Å². The van der Waals surface area contributed by atoms with Crippen LogP contribution < -0.4 is 5.73 Å². The lowest BCUT2D eigenvalue weighted by Gasteiger charge is -2.35. The largest absolute Gasteiger partial charge is 0.366 e. The highest BCUT2D eigenvalue weighted by molar-refractivity contribution is 5.99. The fourth-order valence-electron chi connectivity index (χ4n) is 3.05. The minimum Gasteiger partial charge on any atom is -0.366 e. The van der Waals surface area contributed by atoms with Crippen LogP contribution in [0.2, 0.25) is 0 Å². The second-order valence-electron chi connectivity index (χ2n) is 5.82. The first-order valence-electron chi connectivity index (χ1n) is 7.83. The number of hydrogen-bond donors (Lipinski definition) is 1. The molecule has 2 aromatic rings. The minimum atomic E-state index is -0.522. The number of primary amides is 1. The van der Waals surface area contributed by atoms with Crippen molar-refractivity contribution in [2.75, 3.05) is 6.54 Å². The molecule has 2 N–H and O–H groups in total. The zero-order valence-corrected chi connectivity index (χ0v) is 12.9. The van der Waals surface area contributed by atoms with E-state index in [0.29, 0.717) is 17.7 Å². The van der Waals surface area contributed by atoms with Crippen LogP contribution in [0.15, 0.2) is 42.7 Å². The first-order valence-corrected chi connectivity index (χ1v) is 7.83. The summed E-state index contributed by atoms with van der Waals surface area (Å²) in [7, 11) is 0. The Morgan fingerprint density at radius 2 is 2.04 bits per heavy atom. The Morgan fingerprint density at radius 1 is 1.22 bits per heavy atom. The standard InChI is InChI=1S/C17H20N4O2/c18-16(22)13-5-3-6-14(11-13)17(23)21-10-2-1-7-15(21)12-20-9-4-8-19-20/h3-6,8-9,11,15H,1-2,7,10,12H2,(H2,18,22)/t15-/m0/s1. The van der Waals surface area contributed by atoms with Crippen LogP contribution in [-0.2, 0) is 6.54 Å². The van der Waals surface area contributed by atoms with E-state index in [-0.39, 0.29) is 11.9 Å². The molecule has 120 valence electrons. The quantitative estimate of drug-likeness (QED) is 0.932. The molecule has 1 aliphatic heterocycles. The SMILES string of the molecule is NC(=O)c1cccc(C(=O)N2CCCC[C@H]2Cn2cccn2)c1. The van der Waals surface area contributed by atoms with Crippen molar-refractivity contribution in [3.05, 3.63) is 53.9 Å². The van der Waals surface area contributed by atoms with Crippen LogP contribution >= 0.6 is 0 Å². The average Bonchev–Trinajstić information content (AvgIpc) is 3.08. The number of benzene rings is 1. The monoisotopic (exact) mass is 312 g/mol. The van der Waals surface area contributed by atoms with Crippen LogP contribution in [0.4, 0.5) is 0 Å². The molecular formula is C17H20N4O2. The molecule has 0 spiro atoms. The van der Waals surface area contributed by atoms with E-state index < -0.39 is 5.91 Å². The van der Waals surface area contributed by atoms with Crippen molar-refractivity contribution in [1.82, 2.24) is 14.7 Å². The summed E-state index contributed by atoms with van der Waals surface area (Å²) in [6, 6.07) is 8.62. The average molecular weight is 312 g/mol. The second-order valence-corrected chi connectivity index (χ2v) is 5.82. The number of piperidine rings is 1. The van der Waals surface area contributed by atoms with Gasteiger partial charge in [-0.15, -0.1) is 0 Å². The molecule has 2 heterocycles. The van der Waals surface area contributed by atoms with Crippen molar-refractivity contribution >= 4 is 11.8 Å². The fourth-order valence-corrected chi connectivity index (χ4v) is 3.05. The molecule has 0 aliphatic carbocycles. The van der Waals surface area contributed by atoms with Crippen molar-refractivity contribution in [3.8, 4) is 0 Å². The van der Waals surface area contributed by atoms with Crippen molar-refractivity contribution < 1.29 is 9.59 Å². The molecule has 6 nitrogen and oxygen atoms in total. The van der Waals surface area contributed by atoms with Crippen molar-refractivity contribution in [1.29, 1.82) is 0 Å². The van der Waals surface area contributed by atoms with E-state index in [4.69, 9.17) is 5.73 Å². The molecule has 1 saturated heterocycles. The summed E-state index contributed by atoms with van der Waals surface area (Å²) in [5.41, 5.74) is 6.17. The van der Waals surface area contributed by atoms with Gasteiger partial charge in [-0.3, -0.25) is 14.3 Å². The Hall–Kier alpha value is -2.63. The molecule has 1 aromatic heterocycles. The summed E-state index contributed by atoms with van der Waals surface area (Å²) in [4.78, 5) is 26.1. The van der Waals surface area contributed by atoms with Gasteiger partial charge in [0.1, 0.15) is 0 Å². The lowest BCUT2D eigenvalue weighted by molar-refractivity contribution is 0.0584. The molecule has 1 aromatic carbocycles. The highest BCUT2D eigenvalue weighted by Gasteiger charge is 2.28. The highest BCUT2D eigenvalue weighted by atomic mass is 16.2. The van der Waals surface area contributed by atoms with Crippen LogP contribution in [0.3, 0.4) is 0 Å². The summed E-state index contributed by atoms with van der Waals surface area (Å²) in [5, 5.41) is 4.23. The lowest BCUT2D eigenvalue weighted by atomic mass is 10.00. The van der Waals surface area contributed by atoms with Gasteiger partial charge >= 0.3 is 0 Å². The minimum absolute atomic E-state index is 0.0510. The zero-order valence-electron chi connectivity index (χ0n) is 12.9. The number of aromatic nitrogens is 2. The molecular weight excluding hydrogens is 292 g/mol. The Labute approximate surface area is 134 Å². The highest BCUT2D eigenvalue weighted by Crippen LogP contribution is 2.21. The van der Waals surface area contributed by atoms with E-state index in [0.717, 1.165) is 25.8 Å². The maximum absolute atomic E-state index is 12.9. The van der Waals surface area contributed by atoms with Crippen molar-refractivity contribution in [2.24, 2.45) is 5.73 Å². The van der Waals surface area contributed by atoms with Gasteiger partial charge in [-0.1, -0.05) is 6.07 Å². The van der Waals surface area contributed by atoms with E-state index in [1.54, 1.807) is 30.5 Å². The van der Waals surface area contributed by atoms with Crippen molar-refractivity contribution in [3.63, 3.8) is 0 Å². The number of rotatable bonds is 4. The molecule has 0 saturated carbocycles. The van der Waals surface area contributed by atoms with Crippen molar-refractivity contribution in [2.45, 2.75) is 31.8 Å². The van der Waals surface area contributed by atoms with Crippen LogP contribution in [0.5, 0.6) is 0 Å². The third-order valence-corrected chi connectivity index (χ3v) is 4.24.